The maximum absolute atomic E-state index is 10.7. The van der Waals surface area contributed by atoms with Crippen LogP contribution in [-0.2, 0) is 13.1 Å². The van der Waals surface area contributed by atoms with Gasteiger partial charge in [0.25, 0.3) is 6.01 Å². The quantitative estimate of drug-likeness (QED) is 0.818. The average Bonchev–Trinajstić information content (AvgIpc) is 2.97. The zero-order valence-electron chi connectivity index (χ0n) is 8.91. The molecule has 0 atom stereocenters. The van der Waals surface area contributed by atoms with Gasteiger partial charge in [-0.05, 0) is 0 Å². The minimum absolute atomic E-state index is 0.0751. The standard InChI is InChI=1S/C10H10N4O3/c15-9(16)7-6-17-10(12-7)14-4-3-13-2-1-11-8(13)5-14/h1-2,6H,3-5H2,(H,15,16). The van der Waals surface area contributed by atoms with Crippen LogP contribution in [0.15, 0.2) is 23.1 Å². The van der Waals surface area contributed by atoms with Gasteiger partial charge in [-0.2, -0.15) is 4.98 Å². The number of aromatic carboxylic acids is 1. The van der Waals surface area contributed by atoms with Gasteiger partial charge >= 0.3 is 5.97 Å². The van der Waals surface area contributed by atoms with E-state index in [0.717, 1.165) is 25.2 Å². The fourth-order valence-corrected chi connectivity index (χ4v) is 1.84. The second-order valence-electron chi connectivity index (χ2n) is 3.78. The van der Waals surface area contributed by atoms with E-state index in [1.54, 1.807) is 6.20 Å². The molecule has 0 amide bonds. The van der Waals surface area contributed by atoms with Crippen molar-refractivity contribution in [1.82, 2.24) is 14.5 Å². The van der Waals surface area contributed by atoms with Crippen LogP contribution in [-0.4, -0.2) is 32.2 Å². The lowest BCUT2D eigenvalue weighted by Crippen LogP contribution is -2.33. The third-order valence-corrected chi connectivity index (χ3v) is 2.73. The SMILES string of the molecule is O=C(O)c1coc(N2CCn3ccnc3C2)n1. The summed E-state index contributed by atoms with van der Waals surface area (Å²) in [5, 5.41) is 8.76. The molecule has 7 heteroatoms. The van der Waals surface area contributed by atoms with E-state index in [1.807, 2.05) is 11.1 Å². The van der Waals surface area contributed by atoms with E-state index in [4.69, 9.17) is 9.52 Å². The third kappa shape index (κ3) is 1.65. The van der Waals surface area contributed by atoms with Crippen molar-refractivity contribution in [2.75, 3.05) is 11.4 Å². The molecule has 0 unspecified atom stereocenters. The molecule has 1 aliphatic rings. The summed E-state index contributed by atoms with van der Waals surface area (Å²) in [6.07, 6.45) is 4.82. The van der Waals surface area contributed by atoms with E-state index >= 15 is 0 Å². The van der Waals surface area contributed by atoms with Gasteiger partial charge in [-0.25, -0.2) is 9.78 Å². The van der Waals surface area contributed by atoms with Crippen molar-refractivity contribution >= 4 is 12.0 Å². The first-order chi connectivity index (χ1) is 8.24. The number of aromatic nitrogens is 3. The van der Waals surface area contributed by atoms with Crippen molar-refractivity contribution in [3.8, 4) is 0 Å². The highest BCUT2D eigenvalue weighted by Crippen LogP contribution is 2.19. The molecule has 88 valence electrons. The fraction of sp³-hybridized carbons (Fsp3) is 0.300. The minimum atomic E-state index is -1.08. The number of rotatable bonds is 2. The average molecular weight is 234 g/mol. The Bertz CT molecular complexity index is 559. The smallest absolute Gasteiger partial charge is 0.357 e. The summed E-state index contributed by atoms with van der Waals surface area (Å²) in [6.45, 7) is 2.09. The van der Waals surface area contributed by atoms with E-state index in [0.29, 0.717) is 12.6 Å². The Hall–Kier alpha value is -2.31. The first-order valence-corrected chi connectivity index (χ1v) is 5.18. The Morgan fingerprint density at radius 3 is 3.12 bits per heavy atom. The van der Waals surface area contributed by atoms with E-state index in [-0.39, 0.29) is 5.69 Å². The molecule has 3 rings (SSSR count). The van der Waals surface area contributed by atoms with Gasteiger partial charge in [-0.3, -0.25) is 0 Å². The molecule has 2 aromatic rings. The monoisotopic (exact) mass is 234 g/mol. The summed E-state index contributed by atoms with van der Waals surface area (Å²) >= 11 is 0. The highest BCUT2D eigenvalue weighted by Gasteiger charge is 2.21. The van der Waals surface area contributed by atoms with Crippen molar-refractivity contribution in [3.05, 3.63) is 30.2 Å². The number of carboxylic acid groups (broad SMARTS) is 1. The van der Waals surface area contributed by atoms with Crippen molar-refractivity contribution in [2.24, 2.45) is 0 Å². The zero-order valence-corrected chi connectivity index (χ0v) is 8.91. The number of carboxylic acids is 1. The summed E-state index contributed by atoms with van der Waals surface area (Å²) in [6, 6.07) is 0.330. The molecule has 0 fully saturated rings. The molecular formula is C10H10N4O3. The van der Waals surface area contributed by atoms with Crippen molar-refractivity contribution in [1.29, 1.82) is 0 Å². The van der Waals surface area contributed by atoms with Gasteiger partial charge in [0, 0.05) is 25.5 Å². The summed E-state index contributed by atoms with van der Waals surface area (Å²) in [5.41, 5.74) is -0.0751. The van der Waals surface area contributed by atoms with Crippen LogP contribution in [0.5, 0.6) is 0 Å². The van der Waals surface area contributed by atoms with E-state index in [9.17, 15) is 4.79 Å². The predicted molar refractivity (Wildman–Crippen MR) is 56.7 cm³/mol. The predicted octanol–water partition coefficient (Wildman–Crippen LogP) is 0.589. The van der Waals surface area contributed by atoms with Crippen LogP contribution in [0.25, 0.3) is 0 Å². The Balaban J connectivity index is 1.84. The molecule has 1 N–H and O–H groups in total. The zero-order chi connectivity index (χ0) is 11.8. The largest absolute Gasteiger partial charge is 0.476 e. The van der Waals surface area contributed by atoms with Crippen LogP contribution < -0.4 is 4.90 Å². The minimum Gasteiger partial charge on any atom is -0.476 e. The van der Waals surface area contributed by atoms with Crippen LogP contribution in [0.4, 0.5) is 6.01 Å². The molecule has 0 bridgehead atoms. The molecule has 0 aliphatic carbocycles. The Kier molecular flexibility index (Phi) is 2.10. The fourth-order valence-electron chi connectivity index (χ4n) is 1.84. The van der Waals surface area contributed by atoms with Gasteiger partial charge < -0.3 is 19.0 Å². The third-order valence-electron chi connectivity index (χ3n) is 2.73. The second kappa shape index (κ2) is 3.62. The molecule has 7 nitrogen and oxygen atoms in total. The number of hydrogen-bond donors (Lipinski definition) is 1. The number of fused-ring (bicyclic) bond motifs is 1. The Labute approximate surface area is 96.3 Å². The first-order valence-electron chi connectivity index (χ1n) is 5.18. The molecule has 0 aromatic carbocycles. The number of carbonyl (C=O) groups is 1. The van der Waals surface area contributed by atoms with Crippen molar-refractivity contribution in [3.63, 3.8) is 0 Å². The van der Waals surface area contributed by atoms with Crippen LogP contribution >= 0.6 is 0 Å². The van der Waals surface area contributed by atoms with Gasteiger partial charge in [0.2, 0.25) is 0 Å². The molecule has 0 radical (unpaired) electrons. The summed E-state index contributed by atoms with van der Waals surface area (Å²) in [4.78, 5) is 20.7. The van der Waals surface area contributed by atoms with Crippen LogP contribution in [0.1, 0.15) is 16.3 Å². The number of oxazole rings is 1. The molecule has 1 aliphatic heterocycles. The molecule has 0 saturated heterocycles. The van der Waals surface area contributed by atoms with E-state index in [1.165, 1.54) is 0 Å². The highest BCUT2D eigenvalue weighted by atomic mass is 16.4. The Morgan fingerprint density at radius 2 is 2.35 bits per heavy atom. The van der Waals surface area contributed by atoms with E-state index in [2.05, 4.69) is 14.5 Å². The lowest BCUT2D eigenvalue weighted by atomic mass is 10.4. The van der Waals surface area contributed by atoms with E-state index < -0.39 is 5.97 Å². The molecular weight excluding hydrogens is 224 g/mol. The van der Waals surface area contributed by atoms with Gasteiger partial charge in [-0.1, -0.05) is 0 Å². The lowest BCUT2D eigenvalue weighted by Gasteiger charge is -2.25. The normalized spacial score (nSPS) is 14.7. The lowest BCUT2D eigenvalue weighted by molar-refractivity contribution is 0.0690. The molecule has 0 saturated carbocycles. The summed E-state index contributed by atoms with van der Waals surface area (Å²) in [7, 11) is 0. The van der Waals surface area contributed by atoms with Gasteiger partial charge in [0.1, 0.15) is 12.1 Å². The molecule has 2 aromatic heterocycles. The molecule has 3 heterocycles. The molecule has 0 spiro atoms. The summed E-state index contributed by atoms with van der Waals surface area (Å²) < 4.78 is 7.21. The van der Waals surface area contributed by atoms with Gasteiger partial charge in [0.05, 0.1) is 6.54 Å². The van der Waals surface area contributed by atoms with Gasteiger partial charge in [0.15, 0.2) is 5.69 Å². The molecule has 17 heavy (non-hydrogen) atoms. The first kappa shape index (κ1) is 9.88. The van der Waals surface area contributed by atoms with Crippen molar-refractivity contribution < 1.29 is 14.3 Å². The Morgan fingerprint density at radius 1 is 1.47 bits per heavy atom. The maximum Gasteiger partial charge on any atom is 0.357 e. The van der Waals surface area contributed by atoms with Crippen molar-refractivity contribution in [2.45, 2.75) is 13.1 Å². The topological polar surface area (TPSA) is 84.4 Å². The highest BCUT2D eigenvalue weighted by molar-refractivity contribution is 5.85. The number of nitrogens with zero attached hydrogens (tertiary/aromatic N) is 4. The maximum atomic E-state index is 10.7. The van der Waals surface area contributed by atoms with Gasteiger partial charge in [-0.15, -0.1) is 0 Å². The number of anilines is 1. The summed E-state index contributed by atoms with van der Waals surface area (Å²) in [5.74, 6) is -0.162. The number of imidazole rings is 1. The second-order valence-corrected chi connectivity index (χ2v) is 3.78. The number of hydrogen-bond acceptors (Lipinski definition) is 5. The van der Waals surface area contributed by atoms with Crippen LogP contribution in [0, 0.1) is 0 Å². The van der Waals surface area contributed by atoms with Crippen LogP contribution in [0.3, 0.4) is 0 Å². The van der Waals surface area contributed by atoms with Crippen LogP contribution in [0.2, 0.25) is 0 Å².